The molecule has 0 saturated carbocycles. The van der Waals surface area contributed by atoms with E-state index in [1.54, 1.807) is 11.8 Å². The minimum absolute atomic E-state index is 0.0000839. The Morgan fingerprint density at radius 1 is 1.20 bits per heavy atom. The second-order valence-electron chi connectivity index (χ2n) is 11.9. The summed E-state index contributed by atoms with van der Waals surface area (Å²) in [6.45, 7) is 2.71. The summed E-state index contributed by atoms with van der Waals surface area (Å²) >= 11 is 6.33. The maximum Gasteiger partial charge on any atom is 0.409 e. The predicted octanol–water partition coefficient (Wildman–Crippen LogP) is 5.19. The Morgan fingerprint density at radius 3 is 2.87 bits per heavy atom. The normalized spacial score (nSPS) is 25.7. The summed E-state index contributed by atoms with van der Waals surface area (Å²) in [5, 5.41) is 1.04. The molecule has 4 atom stereocenters. The minimum Gasteiger partial charge on any atom is -0.472 e. The highest BCUT2D eigenvalue weighted by Crippen LogP contribution is 2.46. The van der Waals surface area contributed by atoms with Crippen LogP contribution < -0.4 is 9.64 Å². The number of hydrogen-bond donors (Lipinski definition) is 0. The fourth-order valence-corrected chi connectivity index (χ4v) is 6.74. The van der Waals surface area contributed by atoms with Crippen LogP contribution in [0.25, 0.3) is 22.1 Å². The smallest absolute Gasteiger partial charge is 0.409 e. The summed E-state index contributed by atoms with van der Waals surface area (Å²) in [6, 6.07) is 8.23. The molecule has 0 aliphatic carbocycles. The van der Waals surface area contributed by atoms with Crippen LogP contribution in [-0.4, -0.2) is 84.0 Å². The number of piperidine rings is 1. The number of fused-ring (bicyclic) bond motifs is 11. The highest BCUT2D eigenvalue weighted by atomic mass is 35.5. The van der Waals surface area contributed by atoms with E-state index in [2.05, 4.69) is 4.98 Å². The molecule has 1 aromatic carbocycles. The molecule has 4 aliphatic rings. The van der Waals surface area contributed by atoms with Gasteiger partial charge in [0.25, 0.3) is 0 Å². The molecule has 3 aromatic heterocycles. The van der Waals surface area contributed by atoms with Crippen LogP contribution in [0.1, 0.15) is 37.6 Å². The highest BCUT2D eigenvalue weighted by molar-refractivity contribution is 6.30. The third-order valence-electron chi connectivity index (χ3n) is 8.97. The predicted molar refractivity (Wildman–Crippen MR) is 165 cm³/mol. The fraction of sp³-hybridized carbons (Fsp3) is 0.469. The summed E-state index contributed by atoms with van der Waals surface area (Å²) in [6.07, 6.45) is 0.944. The van der Waals surface area contributed by atoms with Crippen LogP contribution in [0.3, 0.4) is 0 Å². The van der Waals surface area contributed by atoms with E-state index in [-0.39, 0.29) is 68.8 Å². The minimum atomic E-state index is -1.89. The molecule has 0 radical (unpaired) electrons. The maximum atomic E-state index is 17.0. The number of nitrogens with zero attached hydrogens (tertiary/aromatic N) is 5. The number of halogens is 2. The molecule has 14 heteroatoms. The van der Waals surface area contributed by atoms with Gasteiger partial charge in [-0.2, -0.15) is 0 Å². The second kappa shape index (κ2) is 12.2. The fourth-order valence-electron chi connectivity index (χ4n) is 6.59. The zero-order valence-corrected chi connectivity index (χ0v) is 26.2. The number of rotatable bonds is 1. The summed E-state index contributed by atoms with van der Waals surface area (Å²) in [4.78, 5) is 43.3. The molecule has 0 spiro atoms. The van der Waals surface area contributed by atoms with Gasteiger partial charge in [0.2, 0.25) is 5.88 Å². The number of carbonyl (C=O) groups is 2. The van der Waals surface area contributed by atoms with Gasteiger partial charge in [-0.15, -0.1) is 0 Å². The number of hydrogen-bond acceptors (Lipinski definition) is 11. The Kier molecular flexibility index (Phi) is 8.05. The van der Waals surface area contributed by atoms with E-state index in [4.69, 9.17) is 44.9 Å². The summed E-state index contributed by atoms with van der Waals surface area (Å²) in [5.74, 6) is -0.259. The van der Waals surface area contributed by atoms with Crippen LogP contribution in [0.15, 0.2) is 40.9 Å². The Labute approximate surface area is 268 Å². The Balaban J connectivity index is 1.32. The molecular weight excluding hydrogens is 621 g/mol. The summed E-state index contributed by atoms with van der Waals surface area (Å²) in [5.41, 5.74) is -0.0986. The van der Waals surface area contributed by atoms with Crippen molar-refractivity contribution in [3.05, 3.63) is 52.9 Å². The number of amides is 1. The lowest BCUT2D eigenvalue weighted by Gasteiger charge is -2.41. The van der Waals surface area contributed by atoms with Crippen LogP contribution in [0.5, 0.6) is 5.88 Å². The molecule has 2 fully saturated rings. The monoisotopic (exact) mass is 653 g/mol. The first-order valence-electron chi connectivity index (χ1n) is 15.3. The number of furan rings is 1. The first kappa shape index (κ1) is 30.4. The van der Waals surface area contributed by atoms with Crippen LogP contribution in [0.2, 0.25) is 5.02 Å². The lowest BCUT2D eigenvalue weighted by Crippen LogP contribution is -2.49. The van der Waals surface area contributed by atoms with E-state index >= 15 is 4.39 Å². The average Bonchev–Trinajstić information content (AvgIpc) is 3.65. The molecule has 0 N–H and O–H groups in total. The van der Waals surface area contributed by atoms with E-state index in [9.17, 15) is 9.59 Å². The van der Waals surface area contributed by atoms with Gasteiger partial charge >= 0.3 is 12.1 Å². The first-order chi connectivity index (χ1) is 22.2. The quantitative estimate of drug-likeness (QED) is 0.252. The number of ether oxygens (including phenoxy) is 4. The van der Waals surface area contributed by atoms with Gasteiger partial charge in [0.1, 0.15) is 35.5 Å². The molecule has 4 aromatic rings. The lowest BCUT2D eigenvalue weighted by molar-refractivity contribution is -0.142. The molecular formula is C32H33ClFN5O7. The van der Waals surface area contributed by atoms with Gasteiger partial charge in [-0.25, -0.2) is 28.9 Å². The number of pyridine rings is 1. The Morgan fingerprint density at radius 2 is 2.04 bits per heavy atom. The van der Waals surface area contributed by atoms with Crippen molar-refractivity contribution in [1.82, 2.24) is 19.9 Å². The molecule has 7 heterocycles. The van der Waals surface area contributed by atoms with E-state index in [1.807, 2.05) is 24.3 Å². The molecule has 6 bridgehead atoms. The molecule has 4 aliphatic heterocycles. The number of alkyl halides is 1. The standard InChI is InChI=1S/C32H33ClFN5O7/c1-18-15-38-9-8-32(18,34)22-12-19(33)14-35-29(22)45-20-13-23(30(40)42-2)39(16-20)28-27-26(21-6-3-4-7-24(21)46-27)36-25(37-28)17-43-10-5-11-44-31(38)41/h3-4,6-7,12,14,18,20,23H,5,8-11,13,15-17H2,1-2H3/t18-,20-,23-,32+/m0/s1. The zero-order valence-electron chi connectivity index (χ0n) is 25.4. The van der Waals surface area contributed by atoms with Gasteiger partial charge in [-0.1, -0.05) is 30.7 Å². The summed E-state index contributed by atoms with van der Waals surface area (Å²) in [7, 11) is 1.32. The number of methoxy groups -OCH3 is 1. The van der Waals surface area contributed by atoms with Gasteiger partial charge in [-0.3, -0.25) is 0 Å². The van der Waals surface area contributed by atoms with Crippen molar-refractivity contribution in [2.45, 2.75) is 50.6 Å². The van der Waals surface area contributed by atoms with Gasteiger partial charge < -0.3 is 33.2 Å². The Hall–Kier alpha value is -4.23. The van der Waals surface area contributed by atoms with E-state index < -0.39 is 35.8 Å². The number of carbonyl (C=O) groups excluding carboxylic acids is 2. The third-order valence-corrected chi connectivity index (χ3v) is 9.18. The number of esters is 1. The van der Waals surface area contributed by atoms with E-state index in [0.29, 0.717) is 34.7 Å². The van der Waals surface area contributed by atoms with E-state index in [1.165, 1.54) is 24.3 Å². The molecule has 2 saturated heterocycles. The summed E-state index contributed by atoms with van der Waals surface area (Å²) < 4.78 is 46.2. The van der Waals surface area contributed by atoms with Crippen molar-refractivity contribution in [3.63, 3.8) is 0 Å². The SMILES string of the molecule is COC(=O)[C@@H]1C[C@H]2CN1c1nc(nc3c1oc1ccccc13)COCCCOC(=O)N1CC[C@](F)(c3cc(Cl)cnc3O2)[C@@H](C)C1. The molecule has 242 valence electrons. The van der Waals surface area contributed by atoms with Gasteiger partial charge in [0.05, 0.1) is 37.5 Å². The largest absolute Gasteiger partial charge is 0.472 e. The van der Waals surface area contributed by atoms with Gasteiger partial charge in [0, 0.05) is 49.9 Å². The van der Waals surface area contributed by atoms with Gasteiger partial charge in [0.15, 0.2) is 17.2 Å². The van der Waals surface area contributed by atoms with Crippen molar-refractivity contribution in [2.75, 3.05) is 44.9 Å². The van der Waals surface area contributed by atoms with Crippen molar-refractivity contribution in [3.8, 4) is 5.88 Å². The van der Waals surface area contributed by atoms with Crippen LogP contribution >= 0.6 is 11.6 Å². The Bertz CT molecular complexity index is 1810. The maximum absolute atomic E-state index is 17.0. The van der Waals surface area contributed by atoms with Crippen molar-refractivity contribution in [2.24, 2.45) is 5.92 Å². The number of para-hydroxylation sites is 1. The second-order valence-corrected chi connectivity index (χ2v) is 12.3. The number of benzene rings is 1. The van der Waals surface area contributed by atoms with E-state index in [0.717, 1.165) is 5.39 Å². The van der Waals surface area contributed by atoms with Crippen LogP contribution in [-0.2, 0) is 31.3 Å². The molecule has 0 unspecified atom stereocenters. The molecule has 12 nitrogen and oxygen atoms in total. The lowest BCUT2D eigenvalue weighted by atomic mass is 9.79. The third kappa shape index (κ3) is 5.45. The highest BCUT2D eigenvalue weighted by Gasteiger charge is 2.48. The average molecular weight is 654 g/mol. The number of anilines is 1. The van der Waals surface area contributed by atoms with Crippen molar-refractivity contribution < 1.29 is 37.3 Å². The molecule has 8 rings (SSSR count). The first-order valence-corrected chi connectivity index (χ1v) is 15.7. The molecule has 1 amide bonds. The van der Waals surface area contributed by atoms with Crippen LogP contribution in [0.4, 0.5) is 15.0 Å². The van der Waals surface area contributed by atoms with Crippen LogP contribution in [0, 0.1) is 5.92 Å². The van der Waals surface area contributed by atoms with Crippen molar-refractivity contribution in [1.29, 1.82) is 0 Å². The number of aromatic nitrogens is 3. The molecule has 46 heavy (non-hydrogen) atoms. The zero-order chi connectivity index (χ0) is 32.0. The van der Waals surface area contributed by atoms with Gasteiger partial charge in [-0.05, 0) is 18.2 Å². The topological polar surface area (TPSA) is 129 Å². The van der Waals surface area contributed by atoms with Crippen molar-refractivity contribution >= 4 is 51.6 Å².